The van der Waals surface area contributed by atoms with Crippen LogP contribution in [0.1, 0.15) is 10.5 Å². The van der Waals surface area contributed by atoms with Crippen molar-refractivity contribution in [3.8, 4) is 11.1 Å². The lowest BCUT2D eigenvalue weighted by molar-refractivity contribution is 0.0687. The molecular weight excluding hydrogens is 318 g/mol. The molecule has 0 fully saturated rings. The molecule has 0 atom stereocenters. The molecule has 0 spiro atoms. The first-order valence-electron chi connectivity index (χ1n) is 6.15. The van der Waals surface area contributed by atoms with Crippen molar-refractivity contribution in [2.75, 3.05) is 0 Å². The molecule has 0 aliphatic heterocycles. The number of fused-ring (bicyclic) bond motifs is 1. The van der Waals surface area contributed by atoms with Gasteiger partial charge in [-0.25, -0.2) is 4.79 Å². The molecule has 0 saturated carbocycles. The molecule has 1 heterocycles. The van der Waals surface area contributed by atoms with Gasteiger partial charge in [0.25, 0.3) is 0 Å². The third-order valence-electron chi connectivity index (χ3n) is 3.44. The normalized spacial score (nSPS) is 10.9. The van der Waals surface area contributed by atoms with Crippen LogP contribution in [0.25, 0.3) is 22.0 Å². The van der Waals surface area contributed by atoms with E-state index in [4.69, 9.17) is 5.11 Å². The molecule has 3 rings (SSSR count). The third-order valence-corrected chi connectivity index (χ3v) is 3.97. The number of hydrogen-bond donors (Lipinski definition) is 1. The van der Waals surface area contributed by atoms with Gasteiger partial charge in [-0.05, 0) is 35.4 Å². The lowest BCUT2D eigenvalue weighted by Crippen LogP contribution is -2.03. The monoisotopic (exact) mass is 329 g/mol. The van der Waals surface area contributed by atoms with E-state index in [-0.39, 0.29) is 0 Å². The Labute approximate surface area is 124 Å². The van der Waals surface area contributed by atoms with E-state index in [1.54, 1.807) is 17.7 Å². The maximum Gasteiger partial charge on any atom is 0.352 e. The van der Waals surface area contributed by atoms with Crippen LogP contribution in [-0.4, -0.2) is 15.6 Å². The summed E-state index contributed by atoms with van der Waals surface area (Å²) in [5.74, 6) is -0.908. The number of aromatic nitrogens is 1. The summed E-state index contributed by atoms with van der Waals surface area (Å²) in [6.45, 7) is 0. The van der Waals surface area contributed by atoms with Crippen molar-refractivity contribution in [1.82, 2.24) is 4.57 Å². The standard InChI is InChI=1S/C16H12BrNO2/c1-18-14-8-11(10-4-6-13(17)7-5-10)2-3-12(14)9-15(18)16(19)20/h2-9H,1H3,(H,19,20). The summed E-state index contributed by atoms with van der Waals surface area (Å²) >= 11 is 3.42. The lowest BCUT2D eigenvalue weighted by Gasteiger charge is -2.04. The van der Waals surface area contributed by atoms with Crippen molar-refractivity contribution in [2.24, 2.45) is 7.05 Å². The zero-order valence-electron chi connectivity index (χ0n) is 10.8. The maximum atomic E-state index is 11.2. The Morgan fingerprint density at radius 2 is 1.70 bits per heavy atom. The molecule has 3 nitrogen and oxygen atoms in total. The molecule has 0 aliphatic carbocycles. The van der Waals surface area contributed by atoms with Gasteiger partial charge in [0.15, 0.2) is 0 Å². The van der Waals surface area contributed by atoms with Crippen LogP contribution in [0.15, 0.2) is 53.0 Å². The third kappa shape index (κ3) is 2.12. The fourth-order valence-corrected chi connectivity index (χ4v) is 2.62. The summed E-state index contributed by atoms with van der Waals surface area (Å²) in [7, 11) is 1.77. The number of benzene rings is 2. The predicted molar refractivity (Wildman–Crippen MR) is 83.0 cm³/mol. The second-order valence-electron chi connectivity index (χ2n) is 4.67. The first kappa shape index (κ1) is 12.9. The molecule has 1 N–H and O–H groups in total. The van der Waals surface area contributed by atoms with Gasteiger partial charge in [-0.3, -0.25) is 0 Å². The first-order chi connectivity index (χ1) is 9.56. The quantitative estimate of drug-likeness (QED) is 0.761. The SMILES string of the molecule is Cn1c(C(=O)O)cc2ccc(-c3ccc(Br)cc3)cc21. The number of nitrogens with zero attached hydrogens (tertiary/aromatic N) is 1. The highest BCUT2D eigenvalue weighted by Gasteiger charge is 2.12. The van der Waals surface area contributed by atoms with Crippen molar-refractivity contribution in [3.05, 3.63) is 58.7 Å². The molecule has 20 heavy (non-hydrogen) atoms. The molecule has 0 aliphatic rings. The predicted octanol–water partition coefficient (Wildman–Crippen LogP) is 4.31. The zero-order valence-corrected chi connectivity index (χ0v) is 12.4. The highest BCUT2D eigenvalue weighted by atomic mass is 79.9. The highest BCUT2D eigenvalue weighted by molar-refractivity contribution is 9.10. The molecule has 0 radical (unpaired) electrons. The molecule has 2 aromatic carbocycles. The van der Waals surface area contributed by atoms with E-state index in [0.717, 1.165) is 26.5 Å². The second-order valence-corrected chi connectivity index (χ2v) is 5.59. The molecule has 1 aromatic heterocycles. The van der Waals surface area contributed by atoms with Gasteiger partial charge >= 0.3 is 5.97 Å². The fraction of sp³-hybridized carbons (Fsp3) is 0.0625. The van der Waals surface area contributed by atoms with E-state index in [2.05, 4.69) is 15.9 Å². The van der Waals surface area contributed by atoms with Gasteiger partial charge in [0.2, 0.25) is 0 Å². The molecular formula is C16H12BrNO2. The smallest absolute Gasteiger partial charge is 0.352 e. The van der Waals surface area contributed by atoms with Crippen molar-refractivity contribution >= 4 is 32.8 Å². The summed E-state index contributed by atoms with van der Waals surface area (Å²) < 4.78 is 2.74. The molecule has 100 valence electrons. The molecule has 0 amide bonds. The van der Waals surface area contributed by atoms with Gasteiger partial charge < -0.3 is 9.67 Å². The number of rotatable bonds is 2. The van der Waals surface area contributed by atoms with Gasteiger partial charge in [-0.2, -0.15) is 0 Å². The van der Waals surface area contributed by atoms with Crippen LogP contribution in [0.2, 0.25) is 0 Å². The molecule has 0 unspecified atom stereocenters. The Morgan fingerprint density at radius 1 is 1.05 bits per heavy atom. The van der Waals surface area contributed by atoms with Crippen LogP contribution in [-0.2, 0) is 7.05 Å². The van der Waals surface area contributed by atoms with Crippen LogP contribution in [0.3, 0.4) is 0 Å². The number of halogens is 1. The second kappa shape index (κ2) is 4.80. The number of carboxylic acid groups (broad SMARTS) is 1. The summed E-state index contributed by atoms with van der Waals surface area (Å²) in [5, 5.41) is 10.1. The molecule has 0 bridgehead atoms. The van der Waals surface area contributed by atoms with Crippen molar-refractivity contribution in [1.29, 1.82) is 0 Å². The van der Waals surface area contributed by atoms with E-state index in [1.165, 1.54) is 0 Å². The van der Waals surface area contributed by atoms with E-state index >= 15 is 0 Å². The van der Waals surface area contributed by atoms with Crippen LogP contribution in [0.5, 0.6) is 0 Å². The Morgan fingerprint density at radius 3 is 2.35 bits per heavy atom. The number of aromatic carboxylic acids is 1. The maximum absolute atomic E-state index is 11.2. The van der Waals surface area contributed by atoms with E-state index < -0.39 is 5.97 Å². The fourth-order valence-electron chi connectivity index (χ4n) is 2.36. The summed E-state index contributed by atoms with van der Waals surface area (Å²) in [5.41, 5.74) is 3.40. The summed E-state index contributed by atoms with van der Waals surface area (Å²) in [6.07, 6.45) is 0. The van der Waals surface area contributed by atoms with E-state index in [0.29, 0.717) is 5.69 Å². The zero-order chi connectivity index (χ0) is 14.3. The average molecular weight is 330 g/mol. The Bertz CT molecular complexity index is 803. The number of carbonyl (C=O) groups is 1. The largest absolute Gasteiger partial charge is 0.477 e. The lowest BCUT2D eigenvalue weighted by atomic mass is 10.0. The number of carboxylic acids is 1. The van der Waals surface area contributed by atoms with E-state index in [9.17, 15) is 4.79 Å². The Balaban J connectivity index is 2.17. The number of hydrogen-bond acceptors (Lipinski definition) is 1. The van der Waals surface area contributed by atoms with Crippen LogP contribution < -0.4 is 0 Å². The first-order valence-corrected chi connectivity index (χ1v) is 6.94. The average Bonchev–Trinajstić information content (AvgIpc) is 2.77. The minimum atomic E-state index is -0.908. The Kier molecular flexibility index (Phi) is 3.10. The van der Waals surface area contributed by atoms with Crippen LogP contribution in [0, 0.1) is 0 Å². The minimum absolute atomic E-state index is 0.299. The van der Waals surface area contributed by atoms with Crippen LogP contribution in [0.4, 0.5) is 0 Å². The van der Waals surface area contributed by atoms with Crippen molar-refractivity contribution < 1.29 is 9.90 Å². The summed E-state index contributed by atoms with van der Waals surface area (Å²) in [6, 6.07) is 15.7. The van der Waals surface area contributed by atoms with Crippen molar-refractivity contribution in [3.63, 3.8) is 0 Å². The van der Waals surface area contributed by atoms with E-state index in [1.807, 2.05) is 42.5 Å². The minimum Gasteiger partial charge on any atom is -0.477 e. The molecule has 0 saturated heterocycles. The van der Waals surface area contributed by atoms with Gasteiger partial charge in [0.05, 0.1) is 0 Å². The summed E-state index contributed by atoms with van der Waals surface area (Å²) in [4.78, 5) is 11.2. The van der Waals surface area contributed by atoms with Gasteiger partial charge in [-0.15, -0.1) is 0 Å². The van der Waals surface area contributed by atoms with Crippen molar-refractivity contribution in [2.45, 2.75) is 0 Å². The molecule has 3 aromatic rings. The van der Waals surface area contributed by atoms with Crippen LogP contribution >= 0.6 is 15.9 Å². The van der Waals surface area contributed by atoms with Gasteiger partial charge in [-0.1, -0.05) is 40.2 Å². The van der Waals surface area contributed by atoms with Gasteiger partial charge in [0, 0.05) is 22.4 Å². The van der Waals surface area contributed by atoms with Gasteiger partial charge in [0.1, 0.15) is 5.69 Å². The Hall–Kier alpha value is -2.07. The highest BCUT2D eigenvalue weighted by Crippen LogP contribution is 2.27. The number of aryl methyl sites for hydroxylation is 1. The topological polar surface area (TPSA) is 42.2 Å². The molecule has 4 heteroatoms.